The van der Waals surface area contributed by atoms with Gasteiger partial charge >= 0.3 is 5.97 Å². The van der Waals surface area contributed by atoms with E-state index in [1.165, 1.54) is 7.11 Å². The average molecular weight is 214 g/mol. The van der Waals surface area contributed by atoms with Crippen LogP contribution in [0.2, 0.25) is 0 Å². The van der Waals surface area contributed by atoms with E-state index in [0.29, 0.717) is 6.42 Å². The van der Waals surface area contributed by atoms with E-state index in [1.54, 1.807) is 0 Å². The Bertz CT molecular complexity index is 243. The maximum absolute atomic E-state index is 11.1. The van der Waals surface area contributed by atoms with Crippen LogP contribution >= 0.6 is 0 Å². The lowest BCUT2D eigenvalue weighted by Crippen LogP contribution is -2.40. The summed E-state index contributed by atoms with van der Waals surface area (Å²) >= 11 is 0. The van der Waals surface area contributed by atoms with Crippen molar-refractivity contribution in [2.24, 2.45) is 5.73 Å². The molecule has 0 aromatic heterocycles. The largest absolute Gasteiger partial charge is 0.469 e. The normalized spacial score (nSPS) is 21.5. The number of esters is 1. The quantitative estimate of drug-likeness (QED) is 0.648. The van der Waals surface area contributed by atoms with Gasteiger partial charge in [0.15, 0.2) is 0 Å². The predicted molar refractivity (Wildman–Crippen MR) is 55.0 cm³/mol. The van der Waals surface area contributed by atoms with Gasteiger partial charge < -0.3 is 10.5 Å². The summed E-state index contributed by atoms with van der Waals surface area (Å²) in [6.45, 7) is 1.64. The minimum absolute atomic E-state index is 0.136. The number of primary amides is 1. The summed E-state index contributed by atoms with van der Waals surface area (Å²) < 4.78 is 4.54. The van der Waals surface area contributed by atoms with Gasteiger partial charge in [0.25, 0.3) is 0 Å². The lowest BCUT2D eigenvalue weighted by atomic mass is 10.2. The van der Waals surface area contributed by atoms with Gasteiger partial charge in [0.2, 0.25) is 5.91 Å². The van der Waals surface area contributed by atoms with Crippen LogP contribution in [0, 0.1) is 0 Å². The van der Waals surface area contributed by atoms with Gasteiger partial charge in [0.05, 0.1) is 13.2 Å². The predicted octanol–water partition coefficient (Wildman–Crippen LogP) is -0.111. The molecule has 86 valence electrons. The highest BCUT2D eigenvalue weighted by molar-refractivity contribution is 5.80. The molecular formula is C10H18N2O3. The molecule has 1 heterocycles. The highest BCUT2D eigenvalue weighted by atomic mass is 16.5. The summed E-state index contributed by atoms with van der Waals surface area (Å²) in [5, 5.41) is 0. The Morgan fingerprint density at radius 1 is 1.53 bits per heavy atom. The van der Waals surface area contributed by atoms with E-state index >= 15 is 0 Å². The number of rotatable bonds is 5. The average Bonchev–Trinajstić information content (AvgIpc) is 2.65. The van der Waals surface area contributed by atoms with Gasteiger partial charge in [-0.3, -0.25) is 14.5 Å². The highest BCUT2D eigenvalue weighted by Gasteiger charge is 2.28. The van der Waals surface area contributed by atoms with E-state index in [0.717, 1.165) is 32.4 Å². The van der Waals surface area contributed by atoms with Crippen molar-refractivity contribution in [1.82, 2.24) is 4.90 Å². The minimum Gasteiger partial charge on any atom is -0.469 e. The molecule has 0 aromatic rings. The number of methoxy groups -OCH3 is 1. The molecule has 1 aliphatic heterocycles. The number of nitrogens with zero attached hydrogens (tertiary/aromatic N) is 1. The van der Waals surface area contributed by atoms with E-state index in [4.69, 9.17) is 5.73 Å². The molecule has 0 aromatic carbocycles. The number of amides is 1. The van der Waals surface area contributed by atoms with Crippen LogP contribution in [0.25, 0.3) is 0 Å². The van der Waals surface area contributed by atoms with Crippen LogP contribution in [-0.2, 0) is 14.3 Å². The van der Waals surface area contributed by atoms with E-state index in [2.05, 4.69) is 4.74 Å². The first-order valence-electron chi connectivity index (χ1n) is 5.25. The van der Waals surface area contributed by atoms with Gasteiger partial charge in [-0.15, -0.1) is 0 Å². The number of hydrogen-bond donors (Lipinski definition) is 1. The first-order chi connectivity index (χ1) is 7.15. The van der Waals surface area contributed by atoms with Crippen LogP contribution in [-0.4, -0.2) is 43.0 Å². The van der Waals surface area contributed by atoms with E-state index < -0.39 is 0 Å². The number of nitrogens with two attached hydrogens (primary N) is 1. The summed E-state index contributed by atoms with van der Waals surface area (Å²) in [4.78, 5) is 24.0. The Hall–Kier alpha value is -1.10. The molecule has 1 aliphatic rings. The molecule has 0 spiro atoms. The van der Waals surface area contributed by atoms with Crippen molar-refractivity contribution < 1.29 is 14.3 Å². The van der Waals surface area contributed by atoms with Crippen LogP contribution in [0.3, 0.4) is 0 Å². The summed E-state index contributed by atoms with van der Waals surface area (Å²) in [7, 11) is 1.38. The first-order valence-corrected chi connectivity index (χ1v) is 5.25. The summed E-state index contributed by atoms with van der Waals surface area (Å²) in [5.74, 6) is -0.463. The standard InChI is InChI=1S/C10H18N2O3/c1-15-9(13)5-3-7-12-6-2-4-8(12)10(11)14/h8H,2-7H2,1H3,(H2,11,14). The van der Waals surface area contributed by atoms with Crippen LogP contribution in [0.1, 0.15) is 25.7 Å². The summed E-state index contributed by atoms with van der Waals surface area (Å²) in [6, 6.07) is -0.136. The zero-order valence-electron chi connectivity index (χ0n) is 9.07. The maximum atomic E-state index is 11.1. The zero-order valence-corrected chi connectivity index (χ0v) is 9.07. The Labute approximate surface area is 89.6 Å². The molecule has 2 N–H and O–H groups in total. The number of carbonyl (C=O) groups excluding carboxylic acids is 2. The van der Waals surface area contributed by atoms with Crippen LogP contribution in [0.5, 0.6) is 0 Å². The molecule has 1 rings (SSSR count). The van der Waals surface area contributed by atoms with E-state index in [1.807, 2.05) is 4.90 Å². The van der Waals surface area contributed by atoms with E-state index in [9.17, 15) is 9.59 Å². The first kappa shape index (κ1) is 12.0. The van der Waals surface area contributed by atoms with Gasteiger partial charge in [-0.05, 0) is 32.4 Å². The number of carbonyl (C=O) groups is 2. The van der Waals surface area contributed by atoms with Crippen LogP contribution in [0.4, 0.5) is 0 Å². The summed E-state index contributed by atoms with van der Waals surface area (Å²) in [6.07, 6.45) is 2.97. The molecule has 5 nitrogen and oxygen atoms in total. The second kappa shape index (κ2) is 5.70. The fourth-order valence-corrected chi connectivity index (χ4v) is 1.94. The lowest BCUT2D eigenvalue weighted by molar-refractivity contribution is -0.140. The second-order valence-electron chi connectivity index (χ2n) is 3.78. The van der Waals surface area contributed by atoms with Crippen LogP contribution < -0.4 is 5.73 Å². The fourth-order valence-electron chi connectivity index (χ4n) is 1.94. The molecule has 1 fully saturated rings. The topological polar surface area (TPSA) is 72.6 Å². The zero-order chi connectivity index (χ0) is 11.3. The fraction of sp³-hybridized carbons (Fsp3) is 0.800. The Balaban J connectivity index is 2.26. The van der Waals surface area contributed by atoms with Crippen molar-refractivity contribution in [2.45, 2.75) is 31.7 Å². The minimum atomic E-state index is -0.259. The molecule has 1 atom stereocenters. The van der Waals surface area contributed by atoms with Gasteiger partial charge in [0.1, 0.15) is 0 Å². The third-order valence-electron chi connectivity index (χ3n) is 2.75. The maximum Gasteiger partial charge on any atom is 0.305 e. The molecule has 0 saturated carbocycles. The van der Waals surface area contributed by atoms with Gasteiger partial charge in [-0.25, -0.2) is 0 Å². The molecule has 0 aliphatic carbocycles. The van der Waals surface area contributed by atoms with Crippen molar-refractivity contribution in [2.75, 3.05) is 20.2 Å². The smallest absolute Gasteiger partial charge is 0.305 e. The monoisotopic (exact) mass is 214 g/mol. The van der Waals surface area contributed by atoms with Crippen molar-refractivity contribution in [1.29, 1.82) is 0 Å². The SMILES string of the molecule is COC(=O)CCCN1CCCC1C(N)=O. The van der Waals surface area contributed by atoms with Crippen molar-refractivity contribution in [3.05, 3.63) is 0 Å². The van der Waals surface area contributed by atoms with Crippen molar-refractivity contribution in [3.8, 4) is 0 Å². The molecule has 5 heteroatoms. The lowest BCUT2D eigenvalue weighted by Gasteiger charge is -2.21. The Morgan fingerprint density at radius 3 is 2.87 bits per heavy atom. The third-order valence-corrected chi connectivity index (χ3v) is 2.75. The molecule has 1 unspecified atom stereocenters. The third kappa shape index (κ3) is 3.51. The molecule has 15 heavy (non-hydrogen) atoms. The van der Waals surface area contributed by atoms with Gasteiger partial charge in [-0.1, -0.05) is 0 Å². The Morgan fingerprint density at radius 2 is 2.27 bits per heavy atom. The van der Waals surface area contributed by atoms with Crippen molar-refractivity contribution >= 4 is 11.9 Å². The van der Waals surface area contributed by atoms with E-state index in [-0.39, 0.29) is 17.9 Å². The molecule has 0 radical (unpaired) electrons. The molecule has 0 bridgehead atoms. The second-order valence-corrected chi connectivity index (χ2v) is 3.78. The van der Waals surface area contributed by atoms with Gasteiger partial charge in [0, 0.05) is 6.42 Å². The number of hydrogen-bond acceptors (Lipinski definition) is 4. The van der Waals surface area contributed by atoms with Crippen LogP contribution in [0.15, 0.2) is 0 Å². The molecule has 1 amide bonds. The number of ether oxygens (including phenoxy) is 1. The Kier molecular flexibility index (Phi) is 4.55. The summed E-state index contributed by atoms with van der Waals surface area (Å²) in [5.41, 5.74) is 5.27. The highest BCUT2D eigenvalue weighted by Crippen LogP contribution is 2.17. The molecular weight excluding hydrogens is 196 g/mol. The van der Waals surface area contributed by atoms with Crippen molar-refractivity contribution in [3.63, 3.8) is 0 Å². The van der Waals surface area contributed by atoms with Gasteiger partial charge in [-0.2, -0.15) is 0 Å². The number of likely N-dealkylation sites (tertiary alicyclic amines) is 1. The molecule has 1 saturated heterocycles.